The molecule has 0 atom stereocenters. The molecule has 2 aliphatic rings. The second-order valence-electron chi connectivity index (χ2n) is 8.97. The molecule has 2 heteroatoms. The van der Waals surface area contributed by atoms with Gasteiger partial charge >= 0.3 is 0 Å². The Kier molecular flexibility index (Phi) is 7.91. The molecular formula is C25H36F2. The third-order valence-electron chi connectivity index (χ3n) is 7.17. The van der Waals surface area contributed by atoms with Crippen LogP contribution in [0.2, 0.25) is 0 Å². The van der Waals surface area contributed by atoms with E-state index >= 15 is 0 Å². The van der Waals surface area contributed by atoms with Crippen LogP contribution in [0.3, 0.4) is 0 Å². The van der Waals surface area contributed by atoms with E-state index in [4.69, 9.17) is 0 Å². The van der Waals surface area contributed by atoms with E-state index < -0.39 is 11.6 Å². The maximum Gasteiger partial charge on any atom is 0.166 e. The van der Waals surface area contributed by atoms with Crippen LogP contribution in [0.1, 0.15) is 89.5 Å². The molecule has 0 amide bonds. The van der Waals surface area contributed by atoms with Gasteiger partial charge in [0.1, 0.15) is 0 Å². The van der Waals surface area contributed by atoms with Crippen LogP contribution >= 0.6 is 0 Å². The molecule has 0 aliphatic heterocycles. The molecule has 0 heterocycles. The summed E-state index contributed by atoms with van der Waals surface area (Å²) in [4.78, 5) is 0. The predicted octanol–water partition coefficient (Wildman–Crippen LogP) is 8.17. The largest absolute Gasteiger partial charge is 0.204 e. The number of rotatable bonds is 7. The van der Waals surface area contributed by atoms with Crippen molar-refractivity contribution in [3.8, 4) is 0 Å². The number of benzene rings is 1. The van der Waals surface area contributed by atoms with Crippen LogP contribution in [0, 0.1) is 35.3 Å². The lowest BCUT2D eigenvalue weighted by Crippen LogP contribution is -2.25. The first-order chi connectivity index (χ1) is 13.2. The zero-order valence-electron chi connectivity index (χ0n) is 16.9. The molecule has 0 N–H and O–H groups in total. The van der Waals surface area contributed by atoms with Gasteiger partial charge in [-0.25, -0.2) is 8.78 Å². The normalized spacial score (nSPS) is 29.3. The molecule has 27 heavy (non-hydrogen) atoms. The molecule has 0 nitrogen and oxygen atoms in total. The van der Waals surface area contributed by atoms with Gasteiger partial charge in [0.25, 0.3) is 0 Å². The van der Waals surface area contributed by atoms with E-state index in [2.05, 4.69) is 6.92 Å². The Morgan fingerprint density at radius 1 is 0.852 bits per heavy atom. The van der Waals surface area contributed by atoms with Crippen LogP contribution in [0.25, 0.3) is 6.08 Å². The van der Waals surface area contributed by atoms with Crippen LogP contribution in [0.15, 0.2) is 24.3 Å². The van der Waals surface area contributed by atoms with Gasteiger partial charge in [0.05, 0.1) is 0 Å². The first kappa shape index (κ1) is 20.6. The molecular weight excluding hydrogens is 338 g/mol. The summed E-state index contributed by atoms with van der Waals surface area (Å²) in [7, 11) is 0. The van der Waals surface area contributed by atoms with Crippen LogP contribution < -0.4 is 0 Å². The summed E-state index contributed by atoms with van der Waals surface area (Å²) in [5, 5.41) is 0. The van der Waals surface area contributed by atoms with E-state index in [0.29, 0.717) is 5.56 Å². The lowest BCUT2D eigenvalue weighted by molar-refractivity contribution is 0.141. The van der Waals surface area contributed by atoms with Crippen LogP contribution in [-0.4, -0.2) is 0 Å². The highest BCUT2D eigenvalue weighted by Crippen LogP contribution is 2.42. The number of allylic oxidation sites excluding steroid dienone is 1. The van der Waals surface area contributed by atoms with Gasteiger partial charge in [-0.1, -0.05) is 69.7 Å². The highest BCUT2D eigenvalue weighted by atomic mass is 19.2. The second-order valence-corrected chi connectivity index (χ2v) is 8.97. The zero-order chi connectivity index (χ0) is 19.1. The Bertz CT molecular complexity index is 590. The van der Waals surface area contributed by atoms with Gasteiger partial charge in [-0.3, -0.25) is 0 Å². The summed E-state index contributed by atoms with van der Waals surface area (Å²) in [6.45, 7) is 2.32. The van der Waals surface area contributed by atoms with Crippen molar-refractivity contribution in [1.29, 1.82) is 0 Å². The van der Waals surface area contributed by atoms with Crippen molar-refractivity contribution in [3.05, 3.63) is 41.5 Å². The van der Waals surface area contributed by atoms with Crippen molar-refractivity contribution in [3.63, 3.8) is 0 Å². The summed E-state index contributed by atoms with van der Waals surface area (Å²) in [6, 6.07) is 4.37. The maximum atomic E-state index is 13.6. The smallest absolute Gasteiger partial charge is 0.166 e. The van der Waals surface area contributed by atoms with E-state index in [1.165, 1.54) is 76.7 Å². The first-order valence-corrected chi connectivity index (χ1v) is 11.3. The van der Waals surface area contributed by atoms with Crippen molar-refractivity contribution in [2.24, 2.45) is 23.7 Å². The summed E-state index contributed by atoms with van der Waals surface area (Å²) >= 11 is 0. The lowest BCUT2D eigenvalue weighted by atomic mass is 9.68. The van der Waals surface area contributed by atoms with E-state index in [-0.39, 0.29) is 0 Å². The average Bonchev–Trinajstić information content (AvgIpc) is 2.70. The zero-order valence-corrected chi connectivity index (χ0v) is 16.9. The third-order valence-corrected chi connectivity index (χ3v) is 7.17. The molecule has 2 fully saturated rings. The SMILES string of the molecule is CCC[C@H]1CC[C@H](C2CCC(CCC=Cc3cccc(F)c3F)CC2)CC1. The van der Waals surface area contributed by atoms with E-state index in [1.54, 1.807) is 18.2 Å². The van der Waals surface area contributed by atoms with E-state index in [9.17, 15) is 8.78 Å². The molecule has 150 valence electrons. The van der Waals surface area contributed by atoms with Crippen LogP contribution in [0.4, 0.5) is 8.78 Å². The fraction of sp³-hybridized carbons (Fsp3) is 0.680. The second kappa shape index (κ2) is 10.4. The lowest BCUT2D eigenvalue weighted by Gasteiger charge is -2.38. The molecule has 0 saturated heterocycles. The summed E-state index contributed by atoms with van der Waals surface area (Å²) in [6.07, 6.45) is 20.1. The van der Waals surface area contributed by atoms with Gasteiger partial charge in [-0.05, 0) is 68.3 Å². The minimum absolute atomic E-state index is 0.359. The molecule has 2 saturated carbocycles. The summed E-state index contributed by atoms with van der Waals surface area (Å²) < 4.78 is 26.9. The first-order valence-electron chi connectivity index (χ1n) is 11.3. The minimum Gasteiger partial charge on any atom is -0.204 e. The maximum absolute atomic E-state index is 13.6. The average molecular weight is 375 g/mol. The molecule has 1 aromatic carbocycles. The highest BCUT2D eigenvalue weighted by Gasteiger charge is 2.30. The molecule has 1 aromatic rings. The Labute approximate surface area is 164 Å². The fourth-order valence-corrected chi connectivity index (χ4v) is 5.50. The van der Waals surface area contributed by atoms with E-state index in [0.717, 1.165) is 30.1 Å². The van der Waals surface area contributed by atoms with Crippen molar-refractivity contribution < 1.29 is 8.78 Å². The number of hydrogen-bond acceptors (Lipinski definition) is 0. The molecule has 2 aliphatic carbocycles. The monoisotopic (exact) mass is 374 g/mol. The topological polar surface area (TPSA) is 0 Å². The van der Waals surface area contributed by atoms with E-state index in [1.807, 2.05) is 6.08 Å². The molecule has 0 bridgehead atoms. The fourth-order valence-electron chi connectivity index (χ4n) is 5.50. The molecule has 3 rings (SSSR count). The van der Waals surface area contributed by atoms with Gasteiger partial charge in [0.15, 0.2) is 11.6 Å². The third kappa shape index (κ3) is 5.90. The Hall–Kier alpha value is -1.18. The standard InChI is InChI=1S/C25H36F2/c1-2-6-19-11-15-21(16-12-19)22-17-13-20(14-18-22)7-3-4-8-23-9-5-10-24(26)25(23)27/h4-5,8-10,19-22H,2-3,6-7,11-18H2,1H3/t19-,20?,21-,22?. The van der Waals surface area contributed by atoms with Crippen molar-refractivity contribution in [2.45, 2.75) is 84.0 Å². The number of hydrogen-bond donors (Lipinski definition) is 0. The van der Waals surface area contributed by atoms with Gasteiger partial charge < -0.3 is 0 Å². The predicted molar refractivity (Wildman–Crippen MR) is 110 cm³/mol. The molecule has 0 spiro atoms. The van der Waals surface area contributed by atoms with Crippen LogP contribution in [0.5, 0.6) is 0 Å². The quantitative estimate of drug-likeness (QED) is 0.451. The van der Waals surface area contributed by atoms with Crippen LogP contribution in [-0.2, 0) is 0 Å². The minimum atomic E-state index is -0.765. The Balaban J connectivity index is 1.35. The van der Waals surface area contributed by atoms with Gasteiger partial charge in [-0.15, -0.1) is 0 Å². The summed E-state index contributed by atoms with van der Waals surface area (Å²) in [5.41, 5.74) is 0.359. The van der Waals surface area contributed by atoms with Gasteiger partial charge in [0, 0.05) is 5.56 Å². The molecule has 0 unspecified atom stereocenters. The molecule has 0 aromatic heterocycles. The Morgan fingerprint density at radius 2 is 1.44 bits per heavy atom. The van der Waals surface area contributed by atoms with Crippen molar-refractivity contribution >= 4 is 6.08 Å². The number of halogens is 2. The van der Waals surface area contributed by atoms with Crippen molar-refractivity contribution in [1.82, 2.24) is 0 Å². The van der Waals surface area contributed by atoms with Crippen molar-refractivity contribution in [2.75, 3.05) is 0 Å². The molecule has 0 radical (unpaired) electrons. The summed E-state index contributed by atoms with van der Waals surface area (Å²) in [5.74, 6) is 2.30. The highest BCUT2D eigenvalue weighted by molar-refractivity contribution is 5.49. The van der Waals surface area contributed by atoms with Gasteiger partial charge in [0.2, 0.25) is 0 Å². The van der Waals surface area contributed by atoms with Gasteiger partial charge in [-0.2, -0.15) is 0 Å². The Morgan fingerprint density at radius 3 is 2.04 bits per heavy atom.